The van der Waals surface area contributed by atoms with Gasteiger partial charge in [-0.15, -0.1) is 0 Å². The maximum absolute atomic E-state index is 2.24. The van der Waals surface area contributed by atoms with Gasteiger partial charge in [-0.2, -0.15) is 0 Å². The van der Waals surface area contributed by atoms with E-state index in [2.05, 4.69) is 158 Å². The molecule has 38 heavy (non-hydrogen) atoms. The predicted octanol–water partition coefficient (Wildman–Crippen LogP) is 10.4. The fourth-order valence-electron chi connectivity index (χ4n) is 4.32. The lowest BCUT2D eigenvalue weighted by Crippen LogP contribution is -1.92. The van der Waals surface area contributed by atoms with Crippen molar-refractivity contribution in [2.24, 2.45) is 0 Å². The zero-order valence-electron chi connectivity index (χ0n) is 21.3. The Kier molecular flexibility index (Phi) is 8.37. The third-order valence-electron chi connectivity index (χ3n) is 6.35. The fourth-order valence-corrected chi connectivity index (χ4v) is 4.32. The summed E-state index contributed by atoms with van der Waals surface area (Å²) in [6, 6.07) is 46.3. The normalized spacial score (nSPS) is 11.8. The molecule has 0 heterocycles. The lowest BCUT2D eigenvalue weighted by molar-refractivity contribution is 1.54. The van der Waals surface area contributed by atoms with Gasteiger partial charge in [-0.25, -0.2) is 0 Å². The molecule has 0 unspecified atom stereocenters. The van der Waals surface area contributed by atoms with E-state index >= 15 is 0 Å². The maximum atomic E-state index is 2.24. The Hall–Kier alpha value is -4.94. The molecule has 0 heteroatoms. The summed E-state index contributed by atoms with van der Waals surface area (Å²) < 4.78 is 0. The molecule has 0 aromatic heterocycles. The minimum absolute atomic E-state index is 1.17. The van der Waals surface area contributed by atoms with Crippen molar-refractivity contribution < 1.29 is 0 Å². The molecule has 0 amide bonds. The summed E-state index contributed by atoms with van der Waals surface area (Å²) in [6.45, 7) is 0. The first-order chi connectivity index (χ1) is 18.8. The molecular weight excluding hydrogens is 456 g/mol. The Balaban J connectivity index is 1.64. The van der Waals surface area contributed by atoms with Crippen molar-refractivity contribution in [2.75, 3.05) is 0 Å². The van der Waals surface area contributed by atoms with Crippen LogP contribution in [0.2, 0.25) is 0 Å². The first-order valence-electron chi connectivity index (χ1n) is 12.9. The van der Waals surface area contributed by atoms with Crippen LogP contribution in [-0.2, 0) is 0 Å². The van der Waals surface area contributed by atoms with Gasteiger partial charge in [0.2, 0.25) is 0 Å². The van der Waals surface area contributed by atoms with E-state index in [4.69, 9.17) is 0 Å². The third kappa shape index (κ3) is 6.84. The molecule has 0 aliphatic carbocycles. The van der Waals surface area contributed by atoms with Gasteiger partial charge in [-0.3, -0.25) is 0 Å². The summed E-state index contributed by atoms with van der Waals surface area (Å²) in [5.41, 5.74) is 9.42. The highest BCUT2D eigenvalue weighted by atomic mass is 14.1. The topological polar surface area (TPSA) is 0 Å². The van der Waals surface area contributed by atoms with Gasteiger partial charge >= 0.3 is 0 Å². The molecule has 0 bridgehead atoms. The van der Waals surface area contributed by atoms with E-state index in [1.54, 1.807) is 0 Å². The minimum atomic E-state index is 1.17. The van der Waals surface area contributed by atoms with E-state index < -0.39 is 0 Å². The molecule has 182 valence electrons. The smallest absolute Gasteiger partial charge is 0.0105 e. The van der Waals surface area contributed by atoms with Gasteiger partial charge in [0, 0.05) is 0 Å². The second-order valence-electron chi connectivity index (χ2n) is 9.05. The van der Waals surface area contributed by atoms with Crippen LogP contribution in [-0.4, -0.2) is 0 Å². The number of hydrogen-bond donors (Lipinski definition) is 0. The van der Waals surface area contributed by atoms with Crippen molar-refractivity contribution in [3.63, 3.8) is 0 Å². The van der Waals surface area contributed by atoms with Gasteiger partial charge in [0.15, 0.2) is 0 Å². The highest BCUT2D eigenvalue weighted by molar-refractivity contribution is 5.90. The molecule has 0 nitrogen and oxygen atoms in total. The summed E-state index contributed by atoms with van der Waals surface area (Å²) in [5.74, 6) is 0. The predicted molar refractivity (Wildman–Crippen MR) is 168 cm³/mol. The quantitative estimate of drug-likeness (QED) is 0.191. The minimum Gasteiger partial charge on any atom is -0.0622 e. The number of rotatable bonds is 8. The molecule has 0 N–H and O–H groups in total. The molecule has 0 aliphatic rings. The standard InChI is InChI=1S/C38H30/c1-5-13-31(14-6-1)21-25-35-27-28-36(26-22-32-15-7-2-8-16-32)38(30-24-34-19-11-4-12-20-34)37(35)29-23-33-17-9-3-10-18-33/h1-30H/b25-21+,26-22+,29-23+,30-24+. The van der Waals surface area contributed by atoms with Crippen LogP contribution in [0.15, 0.2) is 133 Å². The van der Waals surface area contributed by atoms with Crippen LogP contribution < -0.4 is 0 Å². The van der Waals surface area contributed by atoms with Crippen LogP contribution >= 0.6 is 0 Å². The van der Waals surface area contributed by atoms with E-state index in [0.29, 0.717) is 0 Å². The molecule has 5 aromatic rings. The van der Waals surface area contributed by atoms with Crippen molar-refractivity contribution in [2.45, 2.75) is 0 Å². The summed E-state index contributed by atoms with van der Waals surface area (Å²) >= 11 is 0. The van der Waals surface area contributed by atoms with E-state index in [1.165, 1.54) is 44.5 Å². The maximum Gasteiger partial charge on any atom is -0.0105 e. The van der Waals surface area contributed by atoms with Crippen molar-refractivity contribution in [3.05, 3.63) is 178 Å². The number of hydrogen-bond acceptors (Lipinski definition) is 0. The van der Waals surface area contributed by atoms with Crippen LogP contribution in [0.25, 0.3) is 48.6 Å². The molecule has 0 fully saturated rings. The second-order valence-corrected chi connectivity index (χ2v) is 9.05. The van der Waals surface area contributed by atoms with Crippen molar-refractivity contribution >= 4 is 48.6 Å². The Morgan fingerprint density at radius 1 is 0.237 bits per heavy atom. The van der Waals surface area contributed by atoms with Crippen molar-refractivity contribution in [3.8, 4) is 0 Å². The summed E-state index contributed by atoms with van der Waals surface area (Å²) in [4.78, 5) is 0. The summed E-state index contributed by atoms with van der Waals surface area (Å²) in [6.07, 6.45) is 17.7. The molecule has 0 saturated heterocycles. The molecule has 0 aliphatic heterocycles. The lowest BCUT2D eigenvalue weighted by atomic mass is 9.93. The van der Waals surface area contributed by atoms with E-state index in [1.807, 2.05) is 24.3 Å². The third-order valence-corrected chi connectivity index (χ3v) is 6.35. The first kappa shape index (κ1) is 24.7. The average molecular weight is 487 g/mol. The zero-order valence-corrected chi connectivity index (χ0v) is 21.3. The van der Waals surface area contributed by atoms with Crippen LogP contribution in [0.1, 0.15) is 44.5 Å². The van der Waals surface area contributed by atoms with Crippen molar-refractivity contribution in [1.29, 1.82) is 0 Å². The SMILES string of the molecule is C(=C\c1ccc(/C=C/c2ccccc2)c(/C=C/c2ccccc2)c1/C=C/c1ccccc1)/c1ccccc1. The Bertz CT molecular complexity index is 1430. The molecule has 0 saturated carbocycles. The van der Waals surface area contributed by atoms with Gasteiger partial charge in [0.1, 0.15) is 0 Å². The van der Waals surface area contributed by atoms with E-state index in [9.17, 15) is 0 Å². The summed E-state index contributed by atoms with van der Waals surface area (Å²) in [5, 5.41) is 0. The van der Waals surface area contributed by atoms with E-state index in [0.717, 1.165) is 0 Å². The Labute approximate surface area is 226 Å². The Morgan fingerprint density at radius 2 is 0.500 bits per heavy atom. The van der Waals surface area contributed by atoms with Gasteiger partial charge in [0.05, 0.1) is 0 Å². The molecule has 5 aromatic carbocycles. The van der Waals surface area contributed by atoms with Crippen LogP contribution in [0.3, 0.4) is 0 Å². The van der Waals surface area contributed by atoms with Crippen LogP contribution in [0.4, 0.5) is 0 Å². The second kappa shape index (κ2) is 12.9. The van der Waals surface area contributed by atoms with Gasteiger partial charge in [0.25, 0.3) is 0 Å². The number of benzene rings is 5. The molecular formula is C38H30. The largest absolute Gasteiger partial charge is 0.0622 e. The fraction of sp³-hybridized carbons (Fsp3) is 0. The Morgan fingerprint density at radius 3 is 0.789 bits per heavy atom. The van der Waals surface area contributed by atoms with Crippen LogP contribution in [0, 0.1) is 0 Å². The van der Waals surface area contributed by atoms with Crippen LogP contribution in [0.5, 0.6) is 0 Å². The van der Waals surface area contributed by atoms with Gasteiger partial charge in [-0.1, -0.05) is 182 Å². The first-order valence-corrected chi connectivity index (χ1v) is 12.9. The monoisotopic (exact) mass is 486 g/mol. The molecule has 0 atom stereocenters. The average Bonchev–Trinajstić information content (AvgIpc) is 2.99. The van der Waals surface area contributed by atoms with E-state index in [-0.39, 0.29) is 0 Å². The van der Waals surface area contributed by atoms with Crippen molar-refractivity contribution in [1.82, 2.24) is 0 Å². The highest BCUT2D eigenvalue weighted by Crippen LogP contribution is 2.28. The summed E-state index contributed by atoms with van der Waals surface area (Å²) in [7, 11) is 0. The van der Waals surface area contributed by atoms with Gasteiger partial charge < -0.3 is 0 Å². The molecule has 5 rings (SSSR count). The lowest BCUT2D eigenvalue weighted by Gasteiger charge is -2.12. The highest BCUT2D eigenvalue weighted by Gasteiger charge is 2.07. The zero-order chi connectivity index (χ0) is 25.8. The molecule has 0 radical (unpaired) electrons. The van der Waals surface area contributed by atoms with Gasteiger partial charge in [-0.05, 0) is 44.5 Å². The molecule has 0 spiro atoms.